The third-order valence-electron chi connectivity index (χ3n) is 3.27. The summed E-state index contributed by atoms with van der Waals surface area (Å²) < 4.78 is 37.1. The average molecular weight is 257 g/mol. The van der Waals surface area contributed by atoms with Crippen LogP contribution >= 0.6 is 0 Å². The molecule has 2 rings (SSSR count). The maximum absolute atomic E-state index is 12.4. The van der Waals surface area contributed by atoms with Gasteiger partial charge in [0.2, 0.25) is 6.41 Å². The Kier molecular flexibility index (Phi) is 3.59. The van der Waals surface area contributed by atoms with Crippen molar-refractivity contribution in [2.75, 3.05) is 13.1 Å². The van der Waals surface area contributed by atoms with Crippen molar-refractivity contribution in [3.63, 3.8) is 0 Å². The van der Waals surface area contributed by atoms with Crippen LogP contribution in [0, 0.1) is 5.92 Å². The van der Waals surface area contributed by atoms with Gasteiger partial charge in [-0.25, -0.2) is 0 Å². The molecule has 0 unspecified atom stereocenters. The standard InChI is InChI=1S/C13H14F3NO/c14-13(15,16)12-3-1-10(2-4-12)7-11-5-6-17(8-11)9-18/h1-4,9,11H,5-8H2/t11-/m1/s1. The number of alkyl halides is 3. The Bertz CT molecular complexity index is 413. The van der Waals surface area contributed by atoms with Gasteiger partial charge in [-0.1, -0.05) is 12.1 Å². The van der Waals surface area contributed by atoms with Gasteiger partial charge in [0, 0.05) is 13.1 Å². The minimum Gasteiger partial charge on any atom is -0.345 e. The summed E-state index contributed by atoms with van der Waals surface area (Å²) in [7, 11) is 0. The number of carbonyl (C=O) groups excluding carboxylic acids is 1. The summed E-state index contributed by atoms with van der Waals surface area (Å²) in [5.41, 5.74) is 0.271. The molecule has 0 N–H and O–H groups in total. The lowest BCUT2D eigenvalue weighted by molar-refractivity contribution is -0.137. The number of benzene rings is 1. The molecule has 1 aliphatic heterocycles. The molecule has 1 saturated heterocycles. The highest BCUT2D eigenvalue weighted by Crippen LogP contribution is 2.29. The second kappa shape index (κ2) is 5.00. The lowest BCUT2D eigenvalue weighted by Crippen LogP contribution is -2.18. The predicted molar refractivity (Wildman–Crippen MR) is 60.9 cm³/mol. The van der Waals surface area contributed by atoms with E-state index in [9.17, 15) is 18.0 Å². The minimum atomic E-state index is -4.28. The first-order valence-electron chi connectivity index (χ1n) is 5.84. The molecule has 0 spiro atoms. The van der Waals surface area contributed by atoms with E-state index in [0.717, 1.165) is 43.5 Å². The smallest absolute Gasteiger partial charge is 0.345 e. The first-order valence-corrected chi connectivity index (χ1v) is 5.84. The summed E-state index contributed by atoms with van der Waals surface area (Å²) in [6.07, 6.45) is -1.81. The number of halogens is 3. The Balaban J connectivity index is 1.97. The molecular weight excluding hydrogens is 243 g/mol. The fourth-order valence-electron chi connectivity index (χ4n) is 2.29. The van der Waals surface area contributed by atoms with E-state index in [4.69, 9.17) is 0 Å². The molecule has 1 atom stereocenters. The number of nitrogens with zero attached hydrogens (tertiary/aromatic N) is 1. The van der Waals surface area contributed by atoms with Crippen molar-refractivity contribution in [3.8, 4) is 0 Å². The van der Waals surface area contributed by atoms with Crippen LogP contribution in [-0.4, -0.2) is 24.4 Å². The lowest BCUT2D eigenvalue weighted by atomic mass is 9.98. The number of likely N-dealkylation sites (tertiary alicyclic amines) is 1. The van der Waals surface area contributed by atoms with E-state index < -0.39 is 11.7 Å². The molecule has 1 aliphatic rings. The fraction of sp³-hybridized carbons (Fsp3) is 0.462. The van der Waals surface area contributed by atoms with E-state index >= 15 is 0 Å². The Morgan fingerprint density at radius 2 is 1.94 bits per heavy atom. The number of hydrogen-bond donors (Lipinski definition) is 0. The van der Waals surface area contributed by atoms with Gasteiger partial charge in [0.05, 0.1) is 5.56 Å². The van der Waals surface area contributed by atoms with Gasteiger partial charge in [0.25, 0.3) is 0 Å². The third kappa shape index (κ3) is 3.03. The second-order valence-electron chi connectivity index (χ2n) is 4.65. The fourth-order valence-corrected chi connectivity index (χ4v) is 2.29. The van der Waals surface area contributed by atoms with Crippen molar-refractivity contribution >= 4 is 6.41 Å². The summed E-state index contributed by atoms with van der Waals surface area (Å²) >= 11 is 0. The van der Waals surface area contributed by atoms with Crippen molar-refractivity contribution in [2.24, 2.45) is 5.92 Å². The van der Waals surface area contributed by atoms with Crippen LogP contribution in [0.2, 0.25) is 0 Å². The molecule has 0 saturated carbocycles. The monoisotopic (exact) mass is 257 g/mol. The van der Waals surface area contributed by atoms with Crippen LogP contribution in [-0.2, 0) is 17.4 Å². The highest BCUT2D eigenvalue weighted by molar-refractivity contribution is 5.47. The van der Waals surface area contributed by atoms with E-state index in [1.54, 1.807) is 4.90 Å². The molecule has 1 heterocycles. The number of amides is 1. The molecule has 2 nitrogen and oxygen atoms in total. The highest BCUT2D eigenvalue weighted by atomic mass is 19.4. The quantitative estimate of drug-likeness (QED) is 0.762. The van der Waals surface area contributed by atoms with Crippen molar-refractivity contribution in [2.45, 2.75) is 19.0 Å². The predicted octanol–water partition coefficient (Wildman–Crippen LogP) is 2.73. The molecule has 1 amide bonds. The van der Waals surface area contributed by atoms with Crippen LogP contribution in [0.1, 0.15) is 17.5 Å². The normalized spacial score (nSPS) is 20.2. The molecule has 1 aromatic carbocycles. The third-order valence-corrected chi connectivity index (χ3v) is 3.27. The van der Waals surface area contributed by atoms with Crippen molar-refractivity contribution in [1.82, 2.24) is 4.90 Å². The minimum absolute atomic E-state index is 0.354. The highest BCUT2D eigenvalue weighted by Gasteiger charge is 2.30. The zero-order valence-electron chi connectivity index (χ0n) is 9.78. The van der Waals surface area contributed by atoms with Crippen LogP contribution in [0.5, 0.6) is 0 Å². The topological polar surface area (TPSA) is 20.3 Å². The number of rotatable bonds is 3. The van der Waals surface area contributed by atoms with E-state index in [-0.39, 0.29) is 0 Å². The first kappa shape index (κ1) is 12.9. The molecular formula is C13H14F3NO. The van der Waals surface area contributed by atoms with Gasteiger partial charge < -0.3 is 4.90 Å². The van der Waals surface area contributed by atoms with Crippen LogP contribution in [0.4, 0.5) is 13.2 Å². The number of hydrogen-bond acceptors (Lipinski definition) is 1. The summed E-state index contributed by atoms with van der Waals surface area (Å²) in [5.74, 6) is 0.354. The molecule has 0 radical (unpaired) electrons. The van der Waals surface area contributed by atoms with Crippen LogP contribution < -0.4 is 0 Å². The SMILES string of the molecule is O=CN1CC[C@H](Cc2ccc(C(F)(F)F)cc2)C1. The average Bonchev–Trinajstić information content (AvgIpc) is 2.76. The van der Waals surface area contributed by atoms with Gasteiger partial charge in [-0.3, -0.25) is 4.79 Å². The molecule has 18 heavy (non-hydrogen) atoms. The molecule has 0 aliphatic carbocycles. The Morgan fingerprint density at radius 1 is 1.28 bits per heavy atom. The molecule has 0 bridgehead atoms. The van der Waals surface area contributed by atoms with Gasteiger partial charge in [0.1, 0.15) is 0 Å². The van der Waals surface area contributed by atoms with E-state index in [1.165, 1.54) is 12.1 Å². The van der Waals surface area contributed by atoms with Gasteiger partial charge in [-0.15, -0.1) is 0 Å². The van der Waals surface area contributed by atoms with E-state index in [2.05, 4.69) is 0 Å². The van der Waals surface area contributed by atoms with E-state index in [1.807, 2.05) is 0 Å². The van der Waals surface area contributed by atoms with Gasteiger partial charge >= 0.3 is 6.18 Å². The molecule has 5 heteroatoms. The van der Waals surface area contributed by atoms with Crippen LogP contribution in [0.15, 0.2) is 24.3 Å². The lowest BCUT2D eigenvalue weighted by Gasteiger charge is -2.11. The largest absolute Gasteiger partial charge is 0.416 e. The molecule has 1 fully saturated rings. The van der Waals surface area contributed by atoms with Crippen molar-refractivity contribution < 1.29 is 18.0 Å². The maximum Gasteiger partial charge on any atom is 0.416 e. The number of carbonyl (C=O) groups is 1. The second-order valence-corrected chi connectivity index (χ2v) is 4.65. The zero-order valence-corrected chi connectivity index (χ0v) is 9.78. The Morgan fingerprint density at radius 3 is 2.44 bits per heavy atom. The Labute approximate surface area is 103 Å². The van der Waals surface area contributed by atoms with Crippen molar-refractivity contribution in [3.05, 3.63) is 35.4 Å². The zero-order chi connectivity index (χ0) is 13.2. The molecule has 1 aromatic rings. The van der Waals surface area contributed by atoms with Crippen LogP contribution in [0.3, 0.4) is 0 Å². The van der Waals surface area contributed by atoms with Gasteiger partial charge in [-0.2, -0.15) is 13.2 Å². The van der Waals surface area contributed by atoms with Crippen molar-refractivity contribution in [1.29, 1.82) is 0 Å². The molecule has 98 valence electrons. The van der Waals surface area contributed by atoms with Gasteiger partial charge in [-0.05, 0) is 36.5 Å². The maximum atomic E-state index is 12.4. The first-order chi connectivity index (χ1) is 8.49. The molecule has 0 aromatic heterocycles. The summed E-state index contributed by atoms with van der Waals surface area (Å²) in [4.78, 5) is 12.3. The summed E-state index contributed by atoms with van der Waals surface area (Å²) in [5, 5.41) is 0. The summed E-state index contributed by atoms with van der Waals surface area (Å²) in [6.45, 7) is 1.44. The van der Waals surface area contributed by atoms with Gasteiger partial charge in [0.15, 0.2) is 0 Å². The van der Waals surface area contributed by atoms with Crippen LogP contribution in [0.25, 0.3) is 0 Å². The van der Waals surface area contributed by atoms with E-state index in [0.29, 0.717) is 12.5 Å². The summed E-state index contributed by atoms with van der Waals surface area (Å²) in [6, 6.07) is 5.27. The Hall–Kier alpha value is -1.52.